The van der Waals surface area contributed by atoms with Gasteiger partial charge in [-0.1, -0.05) is 11.6 Å². The average Bonchev–Trinajstić information content (AvgIpc) is 2.42. The van der Waals surface area contributed by atoms with Gasteiger partial charge in [0.2, 0.25) is 0 Å². The van der Waals surface area contributed by atoms with Gasteiger partial charge in [-0.3, -0.25) is 10.1 Å². The Morgan fingerprint density at radius 1 is 1.30 bits per heavy atom. The topological polar surface area (TPSA) is 106 Å². The first-order valence-corrected chi connectivity index (χ1v) is 5.72. The Hall–Kier alpha value is -2.45. The number of hydrogen-bond donors (Lipinski definition) is 3. The third-order valence-electron chi connectivity index (χ3n) is 2.36. The molecular weight excluding hydrogens is 289 g/mol. The molecule has 0 aliphatic rings. The van der Waals surface area contributed by atoms with Crippen LogP contribution in [0.15, 0.2) is 30.3 Å². The fraction of sp³-hybridized carbons (Fsp3) is 0. The van der Waals surface area contributed by atoms with E-state index < -0.39 is 10.7 Å². The van der Waals surface area contributed by atoms with Crippen molar-refractivity contribution in [2.45, 2.75) is 0 Å². The zero-order valence-electron chi connectivity index (χ0n) is 9.93. The molecule has 2 rings (SSSR count). The standard InChI is InChI=1S/C11H9ClFN5O2/c12-8-2-1-6(3-9(8)13)15-10-4-7(18(19)20)5-11(16-10)17-14/h1-5H,14H2,(H2,15,16,17). The van der Waals surface area contributed by atoms with Gasteiger partial charge in [0.05, 0.1) is 22.1 Å². The third kappa shape index (κ3) is 3.11. The Balaban J connectivity index is 2.34. The van der Waals surface area contributed by atoms with Gasteiger partial charge in [-0.2, -0.15) is 0 Å². The second-order valence-corrected chi connectivity index (χ2v) is 4.16. The highest BCUT2D eigenvalue weighted by atomic mass is 35.5. The summed E-state index contributed by atoms with van der Waals surface area (Å²) < 4.78 is 13.3. The lowest BCUT2D eigenvalue weighted by Gasteiger charge is -2.08. The van der Waals surface area contributed by atoms with Crippen LogP contribution in [-0.4, -0.2) is 9.91 Å². The van der Waals surface area contributed by atoms with Crippen molar-refractivity contribution in [2.24, 2.45) is 5.84 Å². The van der Waals surface area contributed by atoms with Crippen molar-refractivity contribution < 1.29 is 9.31 Å². The van der Waals surface area contributed by atoms with Gasteiger partial charge in [0.25, 0.3) is 5.69 Å². The number of hydrazine groups is 1. The second-order valence-electron chi connectivity index (χ2n) is 3.75. The average molecular weight is 298 g/mol. The molecule has 0 bridgehead atoms. The maximum Gasteiger partial charge on any atom is 0.276 e. The first-order valence-electron chi connectivity index (χ1n) is 5.35. The van der Waals surface area contributed by atoms with Crippen molar-refractivity contribution in [1.29, 1.82) is 0 Å². The summed E-state index contributed by atoms with van der Waals surface area (Å²) in [5, 5.41) is 13.5. The minimum atomic E-state index is -0.612. The van der Waals surface area contributed by atoms with E-state index in [1.807, 2.05) is 0 Å². The van der Waals surface area contributed by atoms with E-state index in [4.69, 9.17) is 17.4 Å². The van der Waals surface area contributed by atoms with Gasteiger partial charge in [-0.05, 0) is 18.2 Å². The number of aromatic nitrogens is 1. The molecule has 0 radical (unpaired) electrons. The van der Waals surface area contributed by atoms with E-state index in [0.29, 0.717) is 5.69 Å². The van der Waals surface area contributed by atoms with Gasteiger partial charge >= 0.3 is 0 Å². The van der Waals surface area contributed by atoms with Crippen LogP contribution in [0.1, 0.15) is 0 Å². The number of nitrogen functional groups attached to an aromatic ring is 1. The van der Waals surface area contributed by atoms with E-state index in [1.165, 1.54) is 24.3 Å². The summed E-state index contributed by atoms with van der Waals surface area (Å²) in [4.78, 5) is 14.2. The minimum Gasteiger partial charge on any atom is -0.340 e. The van der Waals surface area contributed by atoms with Crippen molar-refractivity contribution >= 4 is 34.6 Å². The van der Waals surface area contributed by atoms with Crippen molar-refractivity contribution in [2.75, 3.05) is 10.7 Å². The third-order valence-corrected chi connectivity index (χ3v) is 2.67. The largest absolute Gasteiger partial charge is 0.340 e. The van der Waals surface area contributed by atoms with Crippen molar-refractivity contribution in [3.63, 3.8) is 0 Å². The van der Waals surface area contributed by atoms with Crippen molar-refractivity contribution in [3.8, 4) is 0 Å². The molecule has 0 aliphatic carbocycles. The zero-order chi connectivity index (χ0) is 14.7. The normalized spacial score (nSPS) is 10.2. The summed E-state index contributed by atoms with van der Waals surface area (Å²) in [7, 11) is 0. The summed E-state index contributed by atoms with van der Waals surface area (Å²) in [5.74, 6) is 4.83. The molecule has 9 heteroatoms. The number of rotatable bonds is 4. The van der Waals surface area contributed by atoms with Crippen molar-refractivity contribution in [1.82, 2.24) is 4.98 Å². The van der Waals surface area contributed by atoms with Crippen LogP contribution in [0.3, 0.4) is 0 Å². The summed E-state index contributed by atoms with van der Waals surface area (Å²) in [6.45, 7) is 0. The number of anilines is 3. The summed E-state index contributed by atoms with van der Waals surface area (Å²) in [6.07, 6.45) is 0. The maximum atomic E-state index is 13.3. The summed E-state index contributed by atoms with van der Waals surface area (Å²) >= 11 is 5.56. The number of nitro groups is 1. The SMILES string of the molecule is NNc1cc([N+](=O)[O-])cc(Nc2ccc(Cl)c(F)c2)n1. The first kappa shape index (κ1) is 14.0. The van der Waals surface area contributed by atoms with Crippen LogP contribution in [0.25, 0.3) is 0 Å². The highest BCUT2D eigenvalue weighted by Crippen LogP contribution is 2.25. The van der Waals surface area contributed by atoms with Crippen LogP contribution < -0.4 is 16.6 Å². The van der Waals surface area contributed by atoms with Gasteiger partial charge in [-0.15, -0.1) is 0 Å². The molecule has 0 saturated heterocycles. The summed E-state index contributed by atoms with van der Waals surface area (Å²) in [5.41, 5.74) is 2.36. The van der Waals surface area contributed by atoms with Crippen LogP contribution in [0.4, 0.5) is 27.4 Å². The van der Waals surface area contributed by atoms with Crippen LogP contribution in [0.5, 0.6) is 0 Å². The Kier molecular flexibility index (Phi) is 3.97. The lowest BCUT2D eigenvalue weighted by atomic mass is 10.3. The van der Waals surface area contributed by atoms with Crippen LogP contribution in [0, 0.1) is 15.9 Å². The molecule has 0 aliphatic heterocycles. The fourth-order valence-corrected chi connectivity index (χ4v) is 1.60. The molecule has 0 unspecified atom stereocenters. The predicted octanol–water partition coefficient (Wildman–Crippen LogP) is 2.81. The molecule has 1 heterocycles. The Labute approximate surface area is 117 Å². The van der Waals surface area contributed by atoms with Crippen LogP contribution in [0.2, 0.25) is 5.02 Å². The zero-order valence-corrected chi connectivity index (χ0v) is 10.7. The smallest absolute Gasteiger partial charge is 0.276 e. The molecule has 20 heavy (non-hydrogen) atoms. The van der Waals surface area contributed by atoms with Gasteiger partial charge in [0.1, 0.15) is 17.5 Å². The molecular formula is C11H9ClFN5O2. The first-order chi connectivity index (χ1) is 9.49. The van der Waals surface area contributed by atoms with E-state index in [2.05, 4.69) is 15.7 Å². The van der Waals surface area contributed by atoms with Crippen molar-refractivity contribution in [3.05, 3.63) is 51.3 Å². The Morgan fingerprint density at radius 2 is 2.00 bits per heavy atom. The predicted molar refractivity (Wildman–Crippen MR) is 73.4 cm³/mol. The molecule has 7 nitrogen and oxygen atoms in total. The summed E-state index contributed by atoms with van der Waals surface area (Å²) in [6, 6.07) is 6.40. The molecule has 0 amide bonds. The quantitative estimate of drug-likeness (QED) is 0.455. The monoisotopic (exact) mass is 297 g/mol. The number of nitrogens with one attached hydrogen (secondary N) is 2. The molecule has 1 aromatic carbocycles. The number of hydrogen-bond acceptors (Lipinski definition) is 6. The Morgan fingerprint density at radius 3 is 2.60 bits per heavy atom. The van der Waals surface area contributed by atoms with Crippen LogP contribution >= 0.6 is 11.6 Å². The molecule has 4 N–H and O–H groups in total. The number of halogens is 2. The molecule has 104 valence electrons. The van der Waals surface area contributed by atoms with E-state index >= 15 is 0 Å². The van der Waals surface area contributed by atoms with Gasteiger partial charge in [0, 0.05) is 5.69 Å². The molecule has 1 aromatic heterocycles. The van der Waals surface area contributed by atoms with E-state index in [1.54, 1.807) is 0 Å². The molecule has 2 aromatic rings. The number of benzene rings is 1. The number of nitrogens with two attached hydrogens (primary N) is 1. The molecule has 0 fully saturated rings. The fourth-order valence-electron chi connectivity index (χ4n) is 1.48. The number of nitrogens with zero attached hydrogens (tertiary/aromatic N) is 2. The highest BCUT2D eigenvalue weighted by Gasteiger charge is 2.11. The molecule has 0 spiro atoms. The molecule has 0 saturated carbocycles. The van der Waals surface area contributed by atoms with Gasteiger partial charge in [-0.25, -0.2) is 15.2 Å². The van der Waals surface area contributed by atoms with Gasteiger partial charge in [0.15, 0.2) is 0 Å². The lowest BCUT2D eigenvalue weighted by Crippen LogP contribution is -2.10. The number of pyridine rings is 1. The maximum absolute atomic E-state index is 13.3. The van der Waals surface area contributed by atoms with Gasteiger partial charge < -0.3 is 10.7 Å². The van der Waals surface area contributed by atoms with E-state index in [0.717, 1.165) is 6.07 Å². The Bertz CT molecular complexity index is 667. The second kappa shape index (κ2) is 5.68. The minimum absolute atomic E-state index is 0.0214. The van der Waals surface area contributed by atoms with E-state index in [-0.39, 0.29) is 22.3 Å². The molecule has 0 atom stereocenters. The lowest BCUT2D eigenvalue weighted by molar-refractivity contribution is -0.384. The van der Waals surface area contributed by atoms with E-state index in [9.17, 15) is 14.5 Å². The van der Waals surface area contributed by atoms with Crippen LogP contribution in [-0.2, 0) is 0 Å². The highest BCUT2D eigenvalue weighted by molar-refractivity contribution is 6.30.